The normalized spacial score (nSPS) is 24.4. The molecule has 0 aliphatic carbocycles. The number of benzene rings is 1. The fourth-order valence-corrected chi connectivity index (χ4v) is 3.97. The molecule has 138 valence electrons. The molecule has 1 aromatic carbocycles. The Labute approximate surface area is 153 Å². The molecular formula is C20H26N4O2. The highest BCUT2D eigenvalue weighted by Gasteiger charge is 2.34. The van der Waals surface area contributed by atoms with Gasteiger partial charge in [0.25, 0.3) is 5.91 Å². The van der Waals surface area contributed by atoms with Crippen LogP contribution >= 0.6 is 0 Å². The molecule has 0 radical (unpaired) electrons. The van der Waals surface area contributed by atoms with Crippen LogP contribution in [0.3, 0.4) is 0 Å². The number of ether oxygens (including phenoxy) is 1. The number of para-hydroxylation sites is 1. The second-order valence-corrected chi connectivity index (χ2v) is 7.25. The molecule has 26 heavy (non-hydrogen) atoms. The zero-order valence-corrected chi connectivity index (χ0v) is 15.1. The summed E-state index contributed by atoms with van der Waals surface area (Å²) in [6, 6.07) is 11.1. The molecule has 0 spiro atoms. The van der Waals surface area contributed by atoms with E-state index in [4.69, 9.17) is 4.74 Å². The molecule has 2 bridgehead atoms. The molecule has 6 nitrogen and oxygen atoms in total. The summed E-state index contributed by atoms with van der Waals surface area (Å²) >= 11 is 0. The van der Waals surface area contributed by atoms with Crippen molar-refractivity contribution in [1.82, 2.24) is 20.4 Å². The molecule has 2 N–H and O–H groups in total. The van der Waals surface area contributed by atoms with Crippen LogP contribution in [-0.4, -0.2) is 40.4 Å². The summed E-state index contributed by atoms with van der Waals surface area (Å²) < 4.78 is 7.51. The van der Waals surface area contributed by atoms with Crippen LogP contribution in [-0.2, 0) is 0 Å². The first kappa shape index (κ1) is 17.1. The first-order chi connectivity index (χ1) is 12.7. The quantitative estimate of drug-likeness (QED) is 0.837. The zero-order chi connectivity index (χ0) is 17.9. The van der Waals surface area contributed by atoms with Crippen molar-refractivity contribution in [2.75, 3.05) is 6.61 Å². The molecule has 2 aliphatic heterocycles. The van der Waals surface area contributed by atoms with E-state index in [-0.39, 0.29) is 11.9 Å². The van der Waals surface area contributed by atoms with E-state index in [1.54, 1.807) is 10.9 Å². The largest absolute Gasteiger partial charge is 0.489 e. The van der Waals surface area contributed by atoms with Crippen LogP contribution in [0.1, 0.15) is 49.5 Å². The maximum Gasteiger partial charge on any atom is 0.275 e. The minimum absolute atomic E-state index is 0.142. The van der Waals surface area contributed by atoms with Crippen LogP contribution in [0, 0.1) is 0 Å². The smallest absolute Gasteiger partial charge is 0.275 e. The molecule has 2 aromatic rings. The highest BCUT2D eigenvalue weighted by molar-refractivity contribution is 5.95. The second kappa shape index (κ2) is 7.50. The van der Waals surface area contributed by atoms with Crippen LogP contribution in [0.2, 0.25) is 0 Å². The van der Waals surface area contributed by atoms with Gasteiger partial charge in [-0.25, -0.2) is 4.68 Å². The number of carbonyl (C=O) groups is 1. The lowest BCUT2D eigenvalue weighted by molar-refractivity contribution is 0.0914. The van der Waals surface area contributed by atoms with E-state index in [2.05, 4.69) is 15.7 Å². The number of nitrogens with zero attached hydrogens (tertiary/aromatic N) is 2. The Bertz CT molecular complexity index is 746. The Balaban J connectivity index is 1.53. The third-order valence-electron chi connectivity index (χ3n) is 5.19. The first-order valence-corrected chi connectivity index (χ1v) is 9.57. The van der Waals surface area contributed by atoms with Crippen LogP contribution < -0.4 is 15.4 Å². The summed E-state index contributed by atoms with van der Waals surface area (Å²) in [5.74, 6) is 0.405. The molecule has 6 heteroatoms. The molecular weight excluding hydrogens is 328 g/mol. The van der Waals surface area contributed by atoms with Crippen LogP contribution in [0.5, 0.6) is 5.75 Å². The fourth-order valence-electron chi connectivity index (χ4n) is 3.97. The topological polar surface area (TPSA) is 68.2 Å². The molecule has 2 saturated heterocycles. The highest BCUT2D eigenvalue weighted by atomic mass is 16.5. The SMILES string of the molecule is CCCOc1cn(-c2ccccc2)nc1C(=O)NC1CC2CCC(C1)N2. The van der Waals surface area contributed by atoms with Gasteiger partial charge in [0.2, 0.25) is 0 Å². The van der Waals surface area contributed by atoms with Gasteiger partial charge in [0.05, 0.1) is 18.5 Å². The van der Waals surface area contributed by atoms with Crippen molar-refractivity contribution in [3.05, 3.63) is 42.2 Å². The van der Waals surface area contributed by atoms with Crippen LogP contribution in [0.15, 0.2) is 36.5 Å². The van der Waals surface area contributed by atoms with Crippen molar-refractivity contribution in [2.24, 2.45) is 0 Å². The number of fused-ring (bicyclic) bond motifs is 2. The van der Waals surface area contributed by atoms with E-state index in [1.165, 1.54) is 12.8 Å². The van der Waals surface area contributed by atoms with Crippen molar-refractivity contribution in [2.45, 2.75) is 57.2 Å². The van der Waals surface area contributed by atoms with Gasteiger partial charge in [0.15, 0.2) is 11.4 Å². The molecule has 4 rings (SSSR count). The van der Waals surface area contributed by atoms with Gasteiger partial charge in [-0.15, -0.1) is 0 Å². The molecule has 1 aromatic heterocycles. The van der Waals surface area contributed by atoms with E-state index in [9.17, 15) is 4.79 Å². The number of hydrogen-bond donors (Lipinski definition) is 2. The van der Waals surface area contributed by atoms with Crippen molar-refractivity contribution in [3.8, 4) is 11.4 Å². The number of piperidine rings is 1. The van der Waals surface area contributed by atoms with E-state index < -0.39 is 0 Å². The summed E-state index contributed by atoms with van der Waals surface area (Å²) in [5.41, 5.74) is 1.28. The Morgan fingerprint density at radius 2 is 2.00 bits per heavy atom. The summed E-state index contributed by atoms with van der Waals surface area (Å²) in [6.45, 7) is 2.62. The highest BCUT2D eigenvalue weighted by Crippen LogP contribution is 2.27. The average Bonchev–Trinajstić information content (AvgIpc) is 3.24. The summed E-state index contributed by atoms with van der Waals surface area (Å²) in [6.07, 6.45) is 7.09. The van der Waals surface area contributed by atoms with E-state index in [0.29, 0.717) is 30.1 Å². The van der Waals surface area contributed by atoms with Gasteiger partial charge in [0.1, 0.15) is 0 Å². The van der Waals surface area contributed by atoms with Crippen molar-refractivity contribution in [1.29, 1.82) is 0 Å². The number of nitrogens with one attached hydrogen (secondary N) is 2. The Kier molecular flexibility index (Phi) is 4.93. The van der Waals surface area contributed by atoms with E-state index >= 15 is 0 Å². The molecule has 0 saturated carbocycles. The van der Waals surface area contributed by atoms with Gasteiger partial charge in [-0.2, -0.15) is 5.10 Å². The third-order valence-corrected chi connectivity index (χ3v) is 5.19. The second-order valence-electron chi connectivity index (χ2n) is 7.25. The predicted molar refractivity (Wildman–Crippen MR) is 99.8 cm³/mol. The van der Waals surface area contributed by atoms with E-state index in [0.717, 1.165) is 24.9 Å². The summed E-state index contributed by atoms with van der Waals surface area (Å²) in [5, 5.41) is 11.3. The van der Waals surface area contributed by atoms with Gasteiger partial charge in [-0.05, 0) is 44.2 Å². The Hall–Kier alpha value is -2.34. The first-order valence-electron chi connectivity index (χ1n) is 9.57. The summed E-state index contributed by atoms with van der Waals surface area (Å²) in [4.78, 5) is 12.9. The lowest BCUT2D eigenvalue weighted by Gasteiger charge is -2.29. The standard InChI is InChI=1S/C20H26N4O2/c1-2-10-26-18-13-24(17-6-4-3-5-7-17)23-19(18)20(25)22-16-11-14-8-9-15(12-16)21-14/h3-7,13-16,21H,2,8-12H2,1H3,(H,22,25). The van der Waals surface area contributed by atoms with Crippen LogP contribution in [0.25, 0.3) is 5.69 Å². The van der Waals surface area contributed by atoms with E-state index in [1.807, 2.05) is 37.3 Å². The molecule has 1 amide bonds. The monoisotopic (exact) mass is 354 g/mol. The number of amides is 1. The van der Waals surface area contributed by atoms with Gasteiger partial charge < -0.3 is 15.4 Å². The minimum Gasteiger partial charge on any atom is -0.489 e. The minimum atomic E-state index is -0.142. The molecule has 3 heterocycles. The third kappa shape index (κ3) is 3.60. The van der Waals surface area contributed by atoms with Crippen molar-refractivity contribution < 1.29 is 9.53 Å². The maximum absolute atomic E-state index is 12.9. The lowest BCUT2D eigenvalue weighted by Crippen LogP contribution is -2.48. The van der Waals surface area contributed by atoms with Gasteiger partial charge >= 0.3 is 0 Å². The lowest BCUT2D eigenvalue weighted by atomic mass is 10.00. The maximum atomic E-state index is 12.9. The van der Waals surface area contributed by atoms with Crippen LogP contribution in [0.4, 0.5) is 0 Å². The molecule has 2 unspecified atom stereocenters. The molecule has 2 fully saturated rings. The van der Waals surface area contributed by atoms with Crippen molar-refractivity contribution in [3.63, 3.8) is 0 Å². The van der Waals surface area contributed by atoms with Gasteiger partial charge in [0, 0.05) is 18.1 Å². The fraction of sp³-hybridized carbons (Fsp3) is 0.500. The Morgan fingerprint density at radius 3 is 2.69 bits per heavy atom. The Morgan fingerprint density at radius 1 is 1.27 bits per heavy atom. The zero-order valence-electron chi connectivity index (χ0n) is 15.1. The molecule has 2 atom stereocenters. The van der Waals surface area contributed by atoms with Gasteiger partial charge in [-0.3, -0.25) is 4.79 Å². The average molecular weight is 354 g/mol. The number of carbonyl (C=O) groups excluding carboxylic acids is 1. The van der Waals surface area contributed by atoms with Gasteiger partial charge in [-0.1, -0.05) is 25.1 Å². The predicted octanol–water partition coefficient (Wildman–Crippen LogP) is 2.67. The summed E-state index contributed by atoms with van der Waals surface area (Å²) in [7, 11) is 0. The number of hydrogen-bond acceptors (Lipinski definition) is 4. The van der Waals surface area contributed by atoms with Crippen molar-refractivity contribution >= 4 is 5.91 Å². The number of rotatable bonds is 6. The number of aromatic nitrogens is 2. The molecule has 2 aliphatic rings.